The number of carbonyl (C=O) groups excluding carboxylic acids is 1. The molecular formula is C27H30N4O3. The molecule has 1 atom stereocenters. The molecule has 0 aliphatic heterocycles. The summed E-state index contributed by atoms with van der Waals surface area (Å²) in [4.78, 5) is 20.9. The Labute approximate surface area is 199 Å². The van der Waals surface area contributed by atoms with Gasteiger partial charge < -0.3 is 19.8 Å². The number of nitrogens with one attached hydrogen (secondary N) is 2. The minimum absolute atomic E-state index is 0.00563. The zero-order valence-corrected chi connectivity index (χ0v) is 20.0. The van der Waals surface area contributed by atoms with Gasteiger partial charge in [-0.25, -0.2) is 9.97 Å². The van der Waals surface area contributed by atoms with E-state index in [1.807, 2.05) is 62.6 Å². The van der Waals surface area contributed by atoms with Crippen LogP contribution in [-0.2, 0) is 11.2 Å². The molecule has 2 N–H and O–H groups in total. The second-order valence-electron chi connectivity index (χ2n) is 8.19. The van der Waals surface area contributed by atoms with Crippen LogP contribution < -0.4 is 15.4 Å². The van der Waals surface area contributed by atoms with Crippen LogP contribution in [0.4, 0.5) is 5.82 Å². The molecule has 1 amide bonds. The van der Waals surface area contributed by atoms with Gasteiger partial charge in [-0.15, -0.1) is 0 Å². The van der Waals surface area contributed by atoms with Gasteiger partial charge in [-0.1, -0.05) is 19.1 Å². The minimum Gasteiger partial charge on any atom is -0.484 e. The van der Waals surface area contributed by atoms with Crippen molar-refractivity contribution in [3.05, 3.63) is 71.7 Å². The summed E-state index contributed by atoms with van der Waals surface area (Å²) in [6.45, 7) is 8.53. The zero-order chi connectivity index (χ0) is 24.1. The largest absolute Gasteiger partial charge is 0.484 e. The van der Waals surface area contributed by atoms with Gasteiger partial charge in [0.05, 0.1) is 18.0 Å². The fourth-order valence-corrected chi connectivity index (χ4v) is 3.88. The van der Waals surface area contributed by atoms with Gasteiger partial charge in [-0.05, 0) is 68.7 Å². The number of nitrogens with zero attached hydrogens (tertiary/aromatic N) is 2. The lowest BCUT2D eigenvalue weighted by Gasteiger charge is -2.17. The maximum atomic E-state index is 11.7. The molecule has 7 nitrogen and oxygen atoms in total. The third kappa shape index (κ3) is 5.36. The molecule has 0 saturated heterocycles. The first-order valence-electron chi connectivity index (χ1n) is 11.6. The molecule has 0 spiro atoms. The molecule has 4 rings (SSSR count). The van der Waals surface area contributed by atoms with E-state index in [0.29, 0.717) is 18.1 Å². The highest BCUT2D eigenvalue weighted by atomic mass is 16.5. The lowest BCUT2D eigenvalue weighted by molar-refractivity contribution is -0.122. The van der Waals surface area contributed by atoms with Crippen LogP contribution in [0, 0.1) is 6.92 Å². The number of aryl methyl sites for hydroxylation is 2. The third-order valence-electron chi connectivity index (χ3n) is 5.63. The van der Waals surface area contributed by atoms with Crippen molar-refractivity contribution in [3.63, 3.8) is 0 Å². The van der Waals surface area contributed by atoms with Crippen LogP contribution in [0.3, 0.4) is 0 Å². The van der Waals surface area contributed by atoms with Crippen molar-refractivity contribution in [2.75, 3.05) is 18.5 Å². The van der Waals surface area contributed by atoms with Crippen LogP contribution in [-0.4, -0.2) is 29.0 Å². The number of ether oxygens (including phenoxy) is 1. The van der Waals surface area contributed by atoms with Crippen molar-refractivity contribution < 1.29 is 13.9 Å². The number of benzene rings is 2. The Morgan fingerprint density at radius 3 is 2.76 bits per heavy atom. The Morgan fingerprint density at radius 1 is 1.12 bits per heavy atom. The Kier molecular flexibility index (Phi) is 7.11. The van der Waals surface area contributed by atoms with Crippen LogP contribution in [0.15, 0.2) is 59.2 Å². The number of carbonyl (C=O) groups is 1. The van der Waals surface area contributed by atoms with Crippen LogP contribution in [0.5, 0.6) is 5.75 Å². The van der Waals surface area contributed by atoms with Gasteiger partial charge in [0.25, 0.3) is 5.91 Å². The number of amides is 1. The number of likely N-dealkylation sites (N-methyl/N-ethyl adjacent to an activating group) is 1. The standard InChI is InChI=1S/C27H30N4O3/c1-5-19-15-34-25-11-10-21(13-23(19)25)24-14-26(31-18(4)30-24)29-17(3)20-8-7-9-22(12-20)33-16-27(32)28-6-2/h7-15,17H,5-6,16H2,1-4H3,(H,28,32)(H,29,30,31). The molecule has 2 aromatic carbocycles. The van der Waals surface area contributed by atoms with E-state index in [0.717, 1.165) is 40.0 Å². The van der Waals surface area contributed by atoms with Gasteiger partial charge >= 0.3 is 0 Å². The van der Waals surface area contributed by atoms with Crippen LogP contribution >= 0.6 is 0 Å². The van der Waals surface area contributed by atoms with Gasteiger partial charge in [0.2, 0.25) is 0 Å². The molecule has 0 fully saturated rings. The highest BCUT2D eigenvalue weighted by Gasteiger charge is 2.12. The quantitative estimate of drug-likeness (QED) is 0.347. The molecule has 0 bridgehead atoms. The fourth-order valence-electron chi connectivity index (χ4n) is 3.88. The smallest absolute Gasteiger partial charge is 0.257 e. The summed E-state index contributed by atoms with van der Waals surface area (Å²) in [5, 5.41) is 7.31. The van der Waals surface area contributed by atoms with Crippen molar-refractivity contribution >= 4 is 22.7 Å². The second-order valence-corrected chi connectivity index (χ2v) is 8.19. The first-order valence-corrected chi connectivity index (χ1v) is 11.6. The van der Waals surface area contributed by atoms with Crippen molar-refractivity contribution in [1.82, 2.24) is 15.3 Å². The average Bonchev–Trinajstić information content (AvgIpc) is 3.25. The molecular weight excluding hydrogens is 428 g/mol. The predicted molar refractivity (Wildman–Crippen MR) is 134 cm³/mol. The van der Waals surface area contributed by atoms with Gasteiger partial charge in [0, 0.05) is 23.6 Å². The molecule has 2 heterocycles. The number of anilines is 1. The van der Waals surface area contributed by atoms with Crippen molar-refractivity contribution in [2.45, 2.75) is 40.2 Å². The van der Waals surface area contributed by atoms with E-state index in [4.69, 9.17) is 9.15 Å². The van der Waals surface area contributed by atoms with E-state index in [9.17, 15) is 4.79 Å². The number of furan rings is 1. The molecule has 34 heavy (non-hydrogen) atoms. The topological polar surface area (TPSA) is 89.3 Å². The van der Waals surface area contributed by atoms with E-state index >= 15 is 0 Å². The van der Waals surface area contributed by atoms with E-state index in [-0.39, 0.29) is 18.6 Å². The van der Waals surface area contributed by atoms with Gasteiger partial charge in [0.1, 0.15) is 23.0 Å². The molecule has 0 aliphatic rings. The van der Waals surface area contributed by atoms with Gasteiger partial charge in [-0.3, -0.25) is 4.79 Å². The molecule has 0 radical (unpaired) electrons. The summed E-state index contributed by atoms with van der Waals surface area (Å²) in [5.41, 5.74) is 4.96. The highest BCUT2D eigenvalue weighted by Crippen LogP contribution is 2.29. The van der Waals surface area contributed by atoms with Crippen LogP contribution in [0.1, 0.15) is 43.8 Å². The fraction of sp³-hybridized carbons (Fsp3) is 0.296. The SMILES string of the molecule is CCNC(=O)COc1cccc(C(C)Nc2cc(-c3ccc4occ(CC)c4c3)nc(C)n2)c1. The Hall–Kier alpha value is -3.87. The third-order valence-corrected chi connectivity index (χ3v) is 5.63. The summed E-state index contributed by atoms with van der Waals surface area (Å²) < 4.78 is 11.3. The summed E-state index contributed by atoms with van der Waals surface area (Å²) >= 11 is 0. The zero-order valence-electron chi connectivity index (χ0n) is 20.0. The Balaban J connectivity index is 1.53. The van der Waals surface area contributed by atoms with E-state index < -0.39 is 0 Å². The van der Waals surface area contributed by atoms with Crippen molar-refractivity contribution in [1.29, 1.82) is 0 Å². The number of hydrogen-bond donors (Lipinski definition) is 2. The maximum Gasteiger partial charge on any atom is 0.257 e. The lowest BCUT2D eigenvalue weighted by Crippen LogP contribution is -2.28. The Bertz CT molecular complexity index is 1300. The normalized spacial score (nSPS) is 11.9. The average molecular weight is 459 g/mol. The summed E-state index contributed by atoms with van der Waals surface area (Å²) in [7, 11) is 0. The Morgan fingerprint density at radius 2 is 1.97 bits per heavy atom. The first kappa shape index (κ1) is 23.3. The highest BCUT2D eigenvalue weighted by molar-refractivity contribution is 5.86. The summed E-state index contributed by atoms with van der Waals surface area (Å²) in [5.74, 6) is 1.95. The minimum atomic E-state index is -0.136. The van der Waals surface area contributed by atoms with E-state index in [1.165, 1.54) is 5.56 Å². The lowest BCUT2D eigenvalue weighted by atomic mass is 10.1. The molecule has 4 aromatic rings. The second kappa shape index (κ2) is 10.4. The molecule has 176 valence electrons. The number of rotatable bonds is 9. The van der Waals surface area contributed by atoms with Gasteiger partial charge in [-0.2, -0.15) is 0 Å². The monoisotopic (exact) mass is 458 g/mol. The van der Waals surface area contributed by atoms with Crippen LogP contribution in [0.2, 0.25) is 0 Å². The number of aromatic nitrogens is 2. The van der Waals surface area contributed by atoms with E-state index in [1.54, 1.807) is 0 Å². The van der Waals surface area contributed by atoms with Crippen LogP contribution in [0.25, 0.3) is 22.2 Å². The molecule has 7 heteroatoms. The van der Waals surface area contributed by atoms with Gasteiger partial charge in [0.15, 0.2) is 6.61 Å². The summed E-state index contributed by atoms with van der Waals surface area (Å²) in [6.07, 6.45) is 2.73. The molecule has 0 saturated carbocycles. The number of hydrogen-bond acceptors (Lipinski definition) is 6. The molecule has 2 aromatic heterocycles. The first-order chi connectivity index (χ1) is 16.5. The molecule has 1 unspecified atom stereocenters. The molecule has 0 aliphatic carbocycles. The van der Waals surface area contributed by atoms with Crippen molar-refractivity contribution in [2.24, 2.45) is 0 Å². The predicted octanol–water partition coefficient (Wildman–Crippen LogP) is 5.45. The van der Waals surface area contributed by atoms with Crippen molar-refractivity contribution in [3.8, 4) is 17.0 Å². The number of fused-ring (bicyclic) bond motifs is 1. The van der Waals surface area contributed by atoms with E-state index in [2.05, 4.69) is 40.5 Å². The summed E-state index contributed by atoms with van der Waals surface area (Å²) in [6, 6.07) is 15.8. The maximum absolute atomic E-state index is 11.7.